The molecule has 1 aromatic carbocycles. The van der Waals surface area contributed by atoms with Crippen LogP contribution >= 0.6 is 11.6 Å². The van der Waals surface area contributed by atoms with Crippen molar-refractivity contribution < 1.29 is 13.9 Å². The van der Waals surface area contributed by atoms with Gasteiger partial charge >= 0.3 is 0 Å². The van der Waals surface area contributed by atoms with E-state index < -0.39 is 5.82 Å². The summed E-state index contributed by atoms with van der Waals surface area (Å²) < 4.78 is 19.1. The van der Waals surface area contributed by atoms with Crippen LogP contribution in [0.25, 0.3) is 11.3 Å². The number of ether oxygens (including phenoxy) is 1. The Morgan fingerprint density at radius 2 is 2.14 bits per heavy atom. The van der Waals surface area contributed by atoms with Crippen LogP contribution in [0.1, 0.15) is 16.7 Å². The number of nitrogens with one attached hydrogen (secondary N) is 1. The van der Waals surface area contributed by atoms with E-state index in [2.05, 4.69) is 10.3 Å². The maximum absolute atomic E-state index is 13.5. The maximum Gasteiger partial charge on any atom is 0.260 e. The van der Waals surface area contributed by atoms with Crippen LogP contribution in [-0.2, 0) is 16.1 Å². The number of fused-ring (bicyclic) bond motifs is 2. The summed E-state index contributed by atoms with van der Waals surface area (Å²) in [6, 6.07) is 5.89. The summed E-state index contributed by atoms with van der Waals surface area (Å²) in [5.41, 5.74) is 2.85. The molecule has 2 aliphatic heterocycles. The molecule has 0 atom stereocenters. The standard InChI is InChI=1S/C15H8ClFN2O2/c16-14-10-6-21-13(8(10)3-4-18-14)12-9-5-7(17)1-2-11(9)19-15(12)20/h1-5H,6H2,(H,19,20)/b13-12+. The van der Waals surface area contributed by atoms with Crippen LogP contribution in [0.15, 0.2) is 30.5 Å². The first kappa shape index (κ1) is 12.3. The smallest absolute Gasteiger partial charge is 0.260 e. The molecular weight excluding hydrogens is 295 g/mol. The Hall–Kier alpha value is -2.40. The molecular formula is C15H8ClFN2O2. The van der Waals surface area contributed by atoms with Gasteiger partial charge in [0.15, 0.2) is 0 Å². The fourth-order valence-corrected chi connectivity index (χ4v) is 2.82. The average molecular weight is 303 g/mol. The molecule has 2 aliphatic rings. The summed E-state index contributed by atoms with van der Waals surface area (Å²) >= 11 is 6.03. The van der Waals surface area contributed by atoms with Gasteiger partial charge in [-0.05, 0) is 24.3 Å². The molecule has 0 saturated carbocycles. The van der Waals surface area contributed by atoms with Crippen molar-refractivity contribution in [2.75, 3.05) is 5.32 Å². The monoisotopic (exact) mass is 302 g/mol. The number of benzene rings is 1. The van der Waals surface area contributed by atoms with E-state index in [-0.39, 0.29) is 12.5 Å². The fourth-order valence-electron chi connectivity index (χ4n) is 2.61. The third kappa shape index (κ3) is 1.74. The van der Waals surface area contributed by atoms with Gasteiger partial charge in [-0.15, -0.1) is 0 Å². The van der Waals surface area contributed by atoms with Gasteiger partial charge in [0.1, 0.15) is 23.3 Å². The summed E-state index contributed by atoms with van der Waals surface area (Å²) in [7, 11) is 0. The minimum Gasteiger partial charge on any atom is -0.487 e. The summed E-state index contributed by atoms with van der Waals surface area (Å²) in [6.07, 6.45) is 1.55. The predicted octanol–water partition coefficient (Wildman–Crippen LogP) is 3.22. The van der Waals surface area contributed by atoms with Gasteiger partial charge in [0, 0.05) is 28.6 Å². The van der Waals surface area contributed by atoms with Gasteiger partial charge in [-0.25, -0.2) is 9.37 Å². The highest BCUT2D eigenvalue weighted by molar-refractivity contribution is 6.36. The molecule has 0 saturated heterocycles. The van der Waals surface area contributed by atoms with E-state index in [1.807, 2.05) is 0 Å². The van der Waals surface area contributed by atoms with Crippen LogP contribution in [0.2, 0.25) is 5.15 Å². The summed E-state index contributed by atoms with van der Waals surface area (Å²) in [4.78, 5) is 16.2. The number of carbonyl (C=O) groups excluding carboxylic acids is 1. The number of amides is 1. The molecule has 6 heteroatoms. The van der Waals surface area contributed by atoms with Crippen molar-refractivity contribution in [3.63, 3.8) is 0 Å². The van der Waals surface area contributed by atoms with E-state index >= 15 is 0 Å². The highest BCUT2D eigenvalue weighted by atomic mass is 35.5. The van der Waals surface area contributed by atoms with Crippen LogP contribution in [-0.4, -0.2) is 10.9 Å². The van der Waals surface area contributed by atoms with Gasteiger partial charge < -0.3 is 10.1 Å². The summed E-state index contributed by atoms with van der Waals surface area (Å²) in [5.74, 6) is -0.308. The number of hydrogen-bond donors (Lipinski definition) is 1. The molecule has 4 nitrogen and oxygen atoms in total. The minimum absolute atomic E-state index is 0.249. The molecule has 1 aromatic heterocycles. The SMILES string of the molecule is O=C1Nc2ccc(F)cc2/C1=C1\OCc2c1ccnc2Cl. The van der Waals surface area contributed by atoms with Crippen LogP contribution in [0.3, 0.4) is 0 Å². The normalized spacial score (nSPS) is 19.0. The number of pyridine rings is 1. The first-order chi connectivity index (χ1) is 10.1. The van der Waals surface area contributed by atoms with E-state index in [0.29, 0.717) is 27.7 Å². The third-order valence-electron chi connectivity index (χ3n) is 3.56. The molecule has 3 heterocycles. The van der Waals surface area contributed by atoms with Crippen molar-refractivity contribution in [2.24, 2.45) is 0 Å². The number of hydrogen-bond acceptors (Lipinski definition) is 3. The molecule has 0 spiro atoms. The Kier molecular flexibility index (Phi) is 2.53. The number of nitrogens with zero attached hydrogens (tertiary/aromatic N) is 1. The van der Waals surface area contributed by atoms with Crippen molar-refractivity contribution in [1.29, 1.82) is 0 Å². The molecule has 0 unspecified atom stereocenters. The molecule has 1 N–H and O–H groups in total. The Balaban J connectivity index is 1.99. The van der Waals surface area contributed by atoms with Crippen LogP contribution in [0.4, 0.5) is 10.1 Å². The fraction of sp³-hybridized carbons (Fsp3) is 0.0667. The van der Waals surface area contributed by atoms with Gasteiger partial charge in [0.2, 0.25) is 0 Å². The van der Waals surface area contributed by atoms with Gasteiger partial charge in [-0.2, -0.15) is 0 Å². The minimum atomic E-state index is -0.408. The lowest BCUT2D eigenvalue weighted by molar-refractivity contribution is -0.110. The molecule has 0 aliphatic carbocycles. The molecule has 104 valence electrons. The zero-order valence-electron chi connectivity index (χ0n) is 10.6. The van der Waals surface area contributed by atoms with Gasteiger partial charge in [-0.3, -0.25) is 4.79 Å². The Morgan fingerprint density at radius 3 is 3.00 bits per heavy atom. The first-order valence-corrected chi connectivity index (χ1v) is 6.65. The lowest BCUT2D eigenvalue weighted by Gasteiger charge is -2.05. The third-order valence-corrected chi connectivity index (χ3v) is 3.89. The lowest BCUT2D eigenvalue weighted by atomic mass is 10.0. The van der Waals surface area contributed by atoms with Crippen LogP contribution in [0.5, 0.6) is 0 Å². The summed E-state index contributed by atoms with van der Waals surface area (Å²) in [5, 5.41) is 3.05. The van der Waals surface area contributed by atoms with Crippen molar-refractivity contribution in [2.45, 2.75) is 6.61 Å². The van der Waals surface area contributed by atoms with E-state index in [1.54, 1.807) is 12.3 Å². The zero-order chi connectivity index (χ0) is 14.6. The van der Waals surface area contributed by atoms with Crippen LogP contribution < -0.4 is 5.32 Å². The second-order valence-corrected chi connectivity index (χ2v) is 5.12. The van der Waals surface area contributed by atoms with E-state index in [9.17, 15) is 9.18 Å². The maximum atomic E-state index is 13.5. The van der Waals surface area contributed by atoms with E-state index in [4.69, 9.17) is 16.3 Å². The quantitative estimate of drug-likeness (QED) is 0.600. The van der Waals surface area contributed by atoms with Gasteiger partial charge in [-0.1, -0.05) is 11.6 Å². The van der Waals surface area contributed by atoms with Crippen molar-refractivity contribution in [3.8, 4) is 0 Å². The lowest BCUT2D eigenvalue weighted by Crippen LogP contribution is -2.05. The van der Waals surface area contributed by atoms with Crippen molar-refractivity contribution in [1.82, 2.24) is 4.98 Å². The zero-order valence-corrected chi connectivity index (χ0v) is 11.4. The Bertz CT molecular complexity index is 832. The largest absolute Gasteiger partial charge is 0.487 e. The van der Waals surface area contributed by atoms with Crippen LogP contribution in [0, 0.1) is 5.82 Å². The number of halogens is 2. The molecule has 0 bridgehead atoms. The van der Waals surface area contributed by atoms with Gasteiger partial charge in [0.05, 0.1) is 5.57 Å². The predicted molar refractivity (Wildman–Crippen MR) is 75.9 cm³/mol. The molecule has 4 rings (SSSR count). The summed E-state index contributed by atoms with van der Waals surface area (Å²) in [6.45, 7) is 0.249. The Morgan fingerprint density at radius 1 is 1.29 bits per heavy atom. The van der Waals surface area contributed by atoms with E-state index in [1.165, 1.54) is 18.2 Å². The second kappa shape index (κ2) is 4.30. The number of rotatable bonds is 0. The second-order valence-electron chi connectivity index (χ2n) is 4.76. The molecule has 21 heavy (non-hydrogen) atoms. The highest BCUT2D eigenvalue weighted by Crippen LogP contribution is 2.42. The van der Waals surface area contributed by atoms with Gasteiger partial charge in [0.25, 0.3) is 5.91 Å². The number of carbonyl (C=O) groups is 1. The number of aromatic nitrogens is 1. The molecule has 1 amide bonds. The topological polar surface area (TPSA) is 51.2 Å². The number of anilines is 1. The van der Waals surface area contributed by atoms with Crippen molar-refractivity contribution >= 4 is 34.5 Å². The highest BCUT2D eigenvalue weighted by Gasteiger charge is 2.33. The molecule has 0 radical (unpaired) electrons. The molecule has 2 aromatic rings. The van der Waals surface area contributed by atoms with E-state index in [0.717, 1.165) is 11.1 Å². The Labute approximate surface area is 124 Å². The van der Waals surface area contributed by atoms with Crippen molar-refractivity contribution in [3.05, 3.63) is 58.1 Å². The average Bonchev–Trinajstić information content (AvgIpc) is 3.00. The molecule has 0 fully saturated rings. The first-order valence-electron chi connectivity index (χ1n) is 6.27.